The van der Waals surface area contributed by atoms with Crippen LogP contribution in [0.5, 0.6) is 0 Å². The van der Waals surface area contributed by atoms with E-state index in [1.807, 2.05) is 0 Å². The Kier molecular flexibility index (Phi) is 3.39. The molecule has 7 aromatic rings. The van der Waals surface area contributed by atoms with Gasteiger partial charge in [-0.05, 0) is 45.8 Å². The smallest absolute Gasteiger partial charge is 0.258 e. The van der Waals surface area contributed by atoms with Crippen LogP contribution in [0.4, 0.5) is 22.7 Å². The van der Waals surface area contributed by atoms with Gasteiger partial charge in [0.1, 0.15) is 0 Å². The molecule has 0 saturated carbocycles. The van der Waals surface area contributed by atoms with Crippen molar-refractivity contribution in [2.24, 2.45) is 0 Å². The molecule has 172 valence electrons. The summed E-state index contributed by atoms with van der Waals surface area (Å²) < 4.78 is 0. The number of non-ortho nitro benzene ring substituents is 4. The van der Waals surface area contributed by atoms with Crippen molar-refractivity contribution < 1.29 is 19.7 Å². The molecular formula is C24H8N4O8. The summed E-state index contributed by atoms with van der Waals surface area (Å²) >= 11 is 0. The molecule has 12 nitrogen and oxygen atoms in total. The molecule has 0 saturated heterocycles. The molecule has 0 bridgehead atoms. The third-order valence-electron chi connectivity index (χ3n) is 7.05. The summed E-state index contributed by atoms with van der Waals surface area (Å²) in [6.45, 7) is 0. The lowest BCUT2D eigenvalue weighted by Gasteiger charge is -2.20. The first-order valence-corrected chi connectivity index (χ1v) is 10.5. The fourth-order valence-corrected chi connectivity index (χ4v) is 5.80. The number of hydrogen-bond donors (Lipinski definition) is 0. The van der Waals surface area contributed by atoms with Gasteiger partial charge in [-0.2, -0.15) is 0 Å². The van der Waals surface area contributed by atoms with Crippen LogP contribution in [0.1, 0.15) is 0 Å². The van der Waals surface area contributed by atoms with Crippen molar-refractivity contribution in [2.75, 3.05) is 0 Å². The van der Waals surface area contributed by atoms with Crippen molar-refractivity contribution >= 4 is 87.4 Å². The summed E-state index contributed by atoms with van der Waals surface area (Å²) in [6.07, 6.45) is 0. The van der Waals surface area contributed by atoms with Crippen LogP contribution in [0.2, 0.25) is 0 Å². The normalized spacial score (nSPS) is 12.2. The summed E-state index contributed by atoms with van der Waals surface area (Å²) in [5, 5.41) is 51.6. The highest BCUT2D eigenvalue weighted by Crippen LogP contribution is 2.54. The van der Waals surface area contributed by atoms with Gasteiger partial charge in [0, 0.05) is 45.8 Å². The summed E-state index contributed by atoms with van der Waals surface area (Å²) in [5.41, 5.74) is -1.20. The summed E-state index contributed by atoms with van der Waals surface area (Å²) in [6, 6.07) is 10.7. The van der Waals surface area contributed by atoms with E-state index in [0.717, 1.165) is 0 Å². The predicted octanol–water partition coefficient (Wildman–Crippen LogP) is 6.55. The Morgan fingerprint density at radius 1 is 0.389 bits per heavy atom. The van der Waals surface area contributed by atoms with E-state index in [1.165, 1.54) is 48.5 Å². The van der Waals surface area contributed by atoms with E-state index in [0.29, 0.717) is 32.3 Å². The number of benzene rings is 7. The van der Waals surface area contributed by atoms with Crippen LogP contribution in [0.3, 0.4) is 0 Å². The highest BCUT2D eigenvalue weighted by atomic mass is 16.6. The van der Waals surface area contributed by atoms with Gasteiger partial charge in [-0.1, -0.05) is 0 Å². The summed E-state index contributed by atoms with van der Waals surface area (Å²) in [7, 11) is 0. The first-order valence-electron chi connectivity index (χ1n) is 10.5. The average molecular weight is 480 g/mol. The van der Waals surface area contributed by atoms with Gasteiger partial charge in [0.15, 0.2) is 0 Å². The number of nitro groups is 4. The zero-order valence-electron chi connectivity index (χ0n) is 17.7. The second-order valence-corrected chi connectivity index (χ2v) is 8.63. The fourth-order valence-electron chi connectivity index (χ4n) is 5.80. The van der Waals surface area contributed by atoms with E-state index in [2.05, 4.69) is 0 Å². The van der Waals surface area contributed by atoms with Gasteiger partial charge >= 0.3 is 0 Å². The van der Waals surface area contributed by atoms with E-state index < -0.39 is 19.7 Å². The Bertz CT molecular complexity index is 1870. The quantitative estimate of drug-likeness (QED) is 0.118. The molecule has 0 aliphatic carbocycles. The lowest BCUT2D eigenvalue weighted by molar-refractivity contribution is -0.383. The standard InChI is InChI=1S/C24H8N4O8/c29-25(30)15-5-9-7-17(27(33)34)13-3-4-14-18(28(35)36)8-10-6-16(26(31)32)12-2-1-11(15)21-19(9)23(13)24(14)20(10)22(12)21/h1-8H. The SMILES string of the molecule is O=[N+]([O-])c1cc2cc([N+](=O)[O-])c3ccc4c([N+](=O)[O-])cc5cc([N+](=O)[O-])c6ccc1c1c2c3c4c5c61. The van der Waals surface area contributed by atoms with E-state index in [9.17, 15) is 40.5 Å². The zero-order chi connectivity index (χ0) is 25.2. The van der Waals surface area contributed by atoms with Crippen molar-refractivity contribution in [3.63, 3.8) is 0 Å². The molecule has 0 N–H and O–H groups in total. The second-order valence-electron chi connectivity index (χ2n) is 8.63. The zero-order valence-corrected chi connectivity index (χ0v) is 17.7. The van der Waals surface area contributed by atoms with Crippen molar-refractivity contribution in [3.8, 4) is 0 Å². The molecule has 0 spiro atoms. The Morgan fingerprint density at radius 3 is 0.806 bits per heavy atom. The van der Waals surface area contributed by atoms with Crippen LogP contribution < -0.4 is 0 Å². The Morgan fingerprint density at radius 2 is 0.611 bits per heavy atom. The third-order valence-corrected chi connectivity index (χ3v) is 7.05. The minimum absolute atomic E-state index is 0.199. The van der Waals surface area contributed by atoms with Gasteiger partial charge in [0.2, 0.25) is 0 Å². The van der Waals surface area contributed by atoms with E-state index in [4.69, 9.17) is 0 Å². The first-order chi connectivity index (χ1) is 17.2. The van der Waals surface area contributed by atoms with Crippen LogP contribution in [-0.4, -0.2) is 19.7 Å². The number of nitrogens with zero attached hydrogens (tertiary/aromatic N) is 4. The molecule has 7 aromatic carbocycles. The lowest BCUT2D eigenvalue weighted by atomic mass is 9.81. The van der Waals surface area contributed by atoms with Crippen LogP contribution in [0, 0.1) is 40.5 Å². The molecule has 0 atom stereocenters. The second kappa shape index (κ2) is 6.13. The topological polar surface area (TPSA) is 173 Å². The van der Waals surface area contributed by atoms with Gasteiger partial charge in [-0.3, -0.25) is 40.5 Å². The lowest BCUT2D eigenvalue weighted by Crippen LogP contribution is -2.01. The maximum Gasteiger partial charge on any atom is 0.277 e. The van der Waals surface area contributed by atoms with Crippen molar-refractivity contribution in [2.45, 2.75) is 0 Å². The molecule has 0 unspecified atom stereocenters. The van der Waals surface area contributed by atoms with Gasteiger partial charge in [-0.25, -0.2) is 0 Å². The fraction of sp³-hybridized carbons (Fsp3) is 0. The third kappa shape index (κ3) is 2.13. The van der Waals surface area contributed by atoms with Gasteiger partial charge in [0.25, 0.3) is 22.7 Å². The Hall–Kier alpha value is -5.52. The molecule has 36 heavy (non-hydrogen) atoms. The molecule has 0 radical (unpaired) electrons. The molecule has 0 amide bonds. The predicted molar refractivity (Wildman–Crippen MR) is 132 cm³/mol. The molecule has 0 aliphatic rings. The maximum absolute atomic E-state index is 12.0. The van der Waals surface area contributed by atoms with E-state index in [1.54, 1.807) is 0 Å². The average Bonchev–Trinajstić information content (AvgIpc) is 2.84. The first kappa shape index (κ1) is 19.9. The van der Waals surface area contributed by atoms with Crippen LogP contribution in [0.15, 0.2) is 48.5 Å². The molecule has 0 aromatic heterocycles. The Balaban J connectivity index is 1.98. The van der Waals surface area contributed by atoms with Crippen LogP contribution in [0.25, 0.3) is 64.6 Å². The maximum atomic E-state index is 12.0. The van der Waals surface area contributed by atoms with Crippen LogP contribution >= 0.6 is 0 Å². The van der Waals surface area contributed by atoms with E-state index >= 15 is 0 Å². The van der Waals surface area contributed by atoms with Crippen molar-refractivity contribution in [1.82, 2.24) is 0 Å². The van der Waals surface area contributed by atoms with E-state index in [-0.39, 0.29) is 55.1 Å². The molecule has 0 aliphatic heterocycles. The van der Waals surface area contributed by atoms with Gasteiger partial charge in [0.05, 0.1) is 41.2 Å². The Labute approximate surface area is 196 Å². The minimum Gasteiger partial charge on any atom is -0.258 e. The van der Waals surface area contributed by atoms with Gasteiger partial charge in [-0.15, -0.1) is 0 Å². The van der Waals surface area contributed by atoms with Crippen LogP contribution in [-0.2, 0) is 0 Å². The molecule has 0 fully saturated rings. The van der Waals surface area contributed by atoms with Crippen molar-refractivity contribution in [3.05, 3.63) is 89.0 Å². The monoisotopic (exact) mass is 480 g/mol. The number of hydrogen-bond acceptors (Lipinski definition) is 8. The molecular weight excluding hydrogens is 472 g/mol. The summed E-state index contributed by atoms with van der Waals surface area (Å²) in [5.74, 6) is 0. The number of nitro benzene ring substituents is 4. The highest BCUT2D eigenvalue weighted by Gasteiger charge is 2.32. The highest BCUT2D eigenvalue weighted by molar-refractivity contribution is 6.47. The number of rotatable bonds is 4. The molecule has 7 rings (SSSR count). The molecule has 0 heterocycles. The summed E-state index contributed by atoms with van der Waals surface area (Å²) in [4.78, 5) is 45.6. The van der Waals surface area contributed by atoms with Crippen molar-refractivity contribution in [1.29, 1.82) is 0 Å². The minimum atomic E-state index is -0.600. The largest absolute Gasteiger partial charge is 0.277 e. The van der Waals surface area contributed by atoms with Gasteiger partial charge < -0.3 is 0 Å². The molecule has 12 heteroatoms.